The highest BCUT2D eigenvalue weighted by atomic mass is 35.5. The Hall–Kier alpha value is -2.47. The molecule has 0 aromatic carbocycles. The first kappa shape index (κ1) is 28.1. The van der Waals surface area contributed by atoms with E-state index >= 15 is 0 Å². The van der Waals surface area contributed by atoms with Gasteiger partial charge in [-0.1, -0.05) is 18.5 Å². The number of pyridine rings is 1. The van der Waals surface area contributed by atoms with E-state index < -0.39 is 22.4 Å². The Morgan fingerprint density at radius 3 is 2.56 bits per heavy atom. The Morgan fingerprint density at radius 2 is 1.97 bits per heavy atom. The minimum absolute atomic E-state index is 0.00492. The molecule has 3 rings (SSSR count). The largest absolute Gasteiger partial charge is 0.434 e. The van der Waals surface area contributed by atoms with Crippen LogP contribution in [0, 0.1) is 5.92 Å². The average Bonchev–Trinajstić information content (AvgIpc) is 3.16. The van der Waals surface area contributed by atoms with E-state index in [-0.39, 0.29) is 38.9 Å². The Bertz CT molecular complexity index is 1170. The lowest BCUT2D eigenvalue weighted by molar-refractivity contribution is -0.0494. The summed E-state index contributed by atoms with van der Waals surface area (Å²) in [6.07, 6.45) is 5.96. The summed E-state index contributed by atoms with van der Waals surface area (Å²) < 4.78 is 56.0. The Balaban J connectivity index is 1.80. The standard InChI is InChI=1S/C23H32ClF2N5O4S/c1-4-10-27-18-11-17(35-23(25)26)16(13-28-18)21-19(24)20(30-31(21)5-2)22(32)29-12-14-6-8-15(9-7-14)36(3,33)34/h11,13-15,23H,4-10,12H2,1-3H3,(H,27,28)(H,29,32)/t14-,15-. The van der Waals surface area contributed by atoms with Crippen molar-refractivity contribution in [3.8, 4) is 17.0 Å². The minimum atomic E-state index is -3.07. The number of aryl methyl sites for hydroxylation is 1. The van der Waals surface area contributed by atoms with E-state index in [1.54, 1.807) is 6.92 Å². The molecule has 0 bridgehead atoms. The predicted octanol–water partition coefficient (Wildman–Crippen LogP) is 4.37. The van der Waals surface area contributed by atoms with Crippen LogP contribution in [0.25, 0.3) is 11.3 Å². The van der Waals surface area contributed by atoms with Crippen molar-refractivity contribution < 1.29 is 26.7 Å². The normalized spacial score (nSPS) is 18.3. The van der Waals surface area contributed by atoms with Crippen molar-refractivity contribution in [2.45, 2.75) is 64.4 Å². The predicted molar refractivity (Wildman–Crippen MR) is 134 cm³/mol. The van der Waals surface area contributed by atoms with Crippen molar-refractivity contribution in [2.24, 2.45) is 5.92 Å². The first-order valence-corrected chi connectivity index (χ1v) is 14.3. The third-order valence-electron chi connectivity index (χ3n) is 6.25. The summed E-state index contributed by atoms with van der Waals surface area (Å²) in [4.78, 5) is 17.2. The molecule has 36 heavy (non-hydrogen) atoms. The van der Waals surface area contributed by atoms with Gasteiger partial charge in [0.2, 0.25) is 0 Å². The van der Waals surface area contributed by atoms with Crippen LogP contribution in [-0.2, 0) is 16.4 Å². The van der Waals surface area contributed by atoms with E-state index in [1.807, 2.05) is 6.92 Å². The number of rotatable bonds is 11. The van der Waals surface area contributed by atoms with Gasteiger partial charge in [0.05, 0.1) is 21.5 Å². The molecule has 2 N–H and O–H groups in total. The Kier molecular flexibility index (Phi) is 9.51. The molecule has 0 saturated heterocycles. The average molecular weight is 548 g/mol. The summed E-state index contributed by atoms with van der Waals surface area (Å²) >= 11 is 6.56. The van der Waals surface area contributed by atoms with Crippen LogP contribution in [0.5, 0.6) is 5.75 Å². The van der Waals surface area contributed by atoms with E-state index in [9.17, 15) is 22.0 Å². The van der Waals surface area contributed by atoms with Gasteiger partial charge in [0.1, 0.15) is 21.4 Å². The van der Waals surface area contributed by atoms with Gasteiger partial charge < -0.3 is 15.4 Å². The molecule has 13 heteroatoms. The highest BCUT2D eigenvalue weighted by molar-refractivity contribution is 7.91. The number of halogens is 3. The van der Waals surface area contributed by atoms with Crippen molar-refractivity contribution in [3.05, 3.63) is 23.0 Å². The van der Waals surface area contributed by atoms with Crippen LogP contribution in [0.1, 0.15) is 56.4 Å². The zero-order valence-corrected chi connectivity index (χ0v) is 22.1. The molecule has 0 radical (unpaired) electrons. The Labute approximate surface area is 214 Å². The molecule has 2 aromatic heterocycles. The number of ether oxygens (including phenoxy) is 1. The molecule has 200 valence electrons. The summed E-state index contributed by atoms with van der Waals surface area (Å²) in [5, 5.41) is 9.84. The maximum Gasteiger partial charge on any atom is 0.387 e. The minimum Gasteiger partial charge on any atom is -0.434 e. The van der Waals surface area contributed by atoms with E-state index in [0.717, 1.165) is 6.42 Å². The van der Waals surface area contributed by atoms with Crippen LogP contribution in [0.15, 0.2) is 12.3 Å². The molecule has 9 nitrogen and oxygen atoms in total. The lowest BCUT2D eigenvalue weighted by Gasteiger charge is -2.27. The molecule has 0 aliphatic heterocycles. The second-order valence-electron chi connectivity index (χ2n) is 8.88. The van der Waals surface area contributed by atoms with Gasteiger partial charge in [-0.2, -0.15) is 13.9 Å². The van der Waals surface area contributed by atoms with E-state index in [2.05, 4.69) is 20.7 Å². The summed E-state index contributed by atoms with van der Waals surface area (Å²) in [5.41, 5.74) is 0.410. The van der Waals surface area contributed by atoms with Crippen molar-refractivity contribution in [1.29, 1.82) is 0 Å². The molecule has 1 amide bonds. The fourth-order valence-electron chi connectivity index (χ4n) is 4.31. The smallest absolute Gasteiger partial charge is 0.387 e. The van der Waals surface area contributed by atoms with Gasteiger partial charge in [-0.25, -0.2) is 13.4 Å². The van der Waals surface area contributed by atoms with Crippen LogP contribution in [0.3, 0.4) is 0 Å². The SMILES string of the molecule is CCCNc1cc(OC(F)F)c(-c2c(Cl)c(C(=O)NC[C@H]3CC[C@H](S(C)(=O)=O)CC3)nn2CC)cn1. The number of hydrogen-bond acceptors (Lipinski definition) is 7. The maximum atomic E-state index is 13.2. The number of anilines is 1. The third-order valence-corrected chi connectivity index (χ3v) is 8.29. The first-order valence-electron chi connectivity index (χ1n) is 12.0. The molecule has 1 aliphatic rings. The lowest BCUT2D eigenvalue weighted by Crippen LogP contribution is -2.34. The van der Waals surface area contributed by atoms with Crippen LogP contribution in [0.4, 0.5) is 14.6 Å². The van der Waals surface area contributed by atoms with Gasteiger partial charge in [0.15, 0.2) is 5.69 Å². The van der Waals surface area contributed by atoms with Gasteiger partial charge >= 0.3 is 6.61 Å². The van der Waals surface area contributed by atoms with Crippen LogP contribution in [0.2, 0.25) is 5.02 Å². The van der Waals surface area contributed by atoms with Gasteiger partial charge in [0.25, 0.3) is 5.91 Å². The first-order chi connectivity index (χ1) is 17.0. The number of nitrogens with zero attached hydrogens (tertiary/aromatic N) is 3. The van der Waals surface area contributed by atoms with Crippen LogP contribution < -0.4 is 15.4 Å². The van der Waals surface area contributed by atoms with E-state index in [4.69, 9.17) is 16.3 Å². The number of carbonyl (C=O) groups excluding carboxylic acids is 1. The molecule has 1 fully saturated rings. The number of carbonyl (C=O) groups is 1. The second kappa shape index (κ2) is 12.2. The van der Waals surface area contributed by atoms with Crippen molar-refractivity contribution >= 4 is 33.2 Å². The number of sulfone groups is 1. The zero-order valence-electron chi connectivity index (χ0n) is 20.6. The summed E-state index contributed by atoms with van der Waals surface area (Å²) in [7, 11) is -3.06. The van der Waals surface area contributed by atoms with Gasteiger partial charge in [-0.15, -0.1) is 0 Å². The van der Waals surface area contributed by atoms with Crippen LogP contribution in [-0.4, -0.2) is 60.3 Å². The van der Waals surface area contributed by atoms with Crippen molar-refractivity contribution in [2.75, 3.05) is 24.7 Å². The molecule has 2 aromatic rings. The molecule has 1 aliphatic carbocycles. The van der Waals surface area contributed by atoms with Crippen LogP contribution >= 0.6 is 11.6 Å². The highest BCUT2D eigenvalue weighted by Gasteiger charge is 2.29. The zero-order chi connectivity index (χ0) is 26.5. The number of aromatic nitrogens is 3. The summed E-state index contributed by atoms with van der Waals surface area (Å²) in [5.74, 6) is -0.107. The molecule has 0 spiro atoms. The van der Waals surface area contributed by atoms with Gasteiger partial charge in [-0.05, 0) is 44.9 Å². The molecule has 2 heterocycles. The monoisotopic (exact) mass is 547 g/mol. The molecule has 0 atom stereocenters. The molecular formula is C23H32ClF2N5O4S. The van der Waals surface area contributed by atoms with Gasteiger partial charge in [0, 0.05) is 38.2 Å². The quantitative estimate of drug-likeness (QED) is 0.429. The maximum absolute atomic E-state index is 13.2. The van der Waals surface area contributed by atoms with Gasteiger partial charge in [-0.3, -0.25) is 9.48 Å². The summed E-state index contributed by atoms with van der Waals surface area (Å²) in [6, 6.07) is 1.37. The molecule has 0 unspecified atom stereocenters. The number of amides is 1. The molecular weight excluding hydrogens is 516 g/mol. The van der Waals surface area contributed by atoms with E-state index in [1.165, 1.54) is 23.2 Å². The van der Waals surface area contributed by atoms with E-state index in [0.29, 0.717) is 51.1 Å². The van der Waals surface area contributed by atoms with Crippen molar-refractivity contribution in [1.82, 2.24) is 20.1 Å². The second-order valence-corrected chi connectivity index (χ2v) is 11.6. The Morgan fingerprint density at radius 1 is 1.28 bits per heavy atom. The fraction of sp³-hybridized carbons (Fsp3) is 0.609. The highest BCUT2D eigenvalue weighted by Crippen LogP contribution is 2.38. The third kappa shape index (κ3) is 6.84. The lowest BCUT2D eigenvalue weighted by atomic mass is 9.89. The van der Waals surface area contributed by atoms with Crippen molar-refractivity contribution in [3.63, 3.8) is 0 Å². The number of hydrogen-bond donors (Lipinski definition) is 2. The topological polar surface area (TPSA) is 115 Å². The summed E-state index contributed by atoms with van der Waals surface area (Å²) in [6.45, 7) is 1.97. The molecule has 1 saturated carbocycles. The number of nitrogens with one attached hydrogen (secondary N) is 2. The number of alkyl halides is 2. The fourth-order valence-corrected chi connectivity index (χ4v) is 5.77.